The van der Waals surface area contributed by atoms with Gasteiger partial charge in [0.1, 0.15) is 12.7 Å². The van der Waals surface area contributed by atoms with E-state index in [-0.39, 0.29) is 24.6 Å². The van der Waals surface area contributed by atoms with Crippen molar-refractivity contribution in [2.45, 2.75) is 38.7 Å². The minimum Gasteiger partial charge on any atom is -0.462 e. The number of hydrogen-bond acceptors (Lipinski definition) is 5. The van der Waals surface area contributed by atoms with Crippen molar-refractivity contribution in [2.24, 2.45) is 0 Å². The van der Waals surface area contributed by atoms with Gasteiger partial charge < -0.3 is 19.7 Å². The zero-order valence-electron chi connectivity index (χ0n) is 9.55. The summed E-state index contributed by atoms with van der Waals surface area (Å²) in [6.07, 6.45) is 0.0372. The van der Waals surface area contributed by atoms with Gasteiger partial charge >= 0.3 is 18.1 Å². The highest BCUT2D eigenvalue weighted by Crippen LogP contribution is 2.07. The van der Waals surface area contributed by atoms with Gasteiger partial charge in [-0.3, -0.25) is 9.59 Å². The van der Waals surface area contributed by atoms with Crippen molar-refractivity contribution < 1.29 is 34.1 Å². The second-order valence-electron chi connectivity index (χ2n) is 3.47. The minimum absolute atomic E-state index is 0.171. The molecule has 0 amide bonds. The zero-order valence-corrected chi connectivity index (χ0v) is 9.55. The number of esters is 2. The largest absolute Gasteiger partial charge is 0.503 e. The fraction of sp³-hybridized carbons (Fsp3) is 0.700. The number of carbonyl (C=O) groups is 3. The Kier molecular flexibility index (Phi) is 7.49. The van der Waals surface area contributed by atoms with Gasteiger partial charge in [0.25, 0.3) is 0 Å². The molecule has 0 aliphatic carbocycles. The maximum atomic E-state index is 11.0. The van der Waals surface area contributed by atoms with E-state index in [1.807, 2.05) is 0 Å². The van der Waals surface area contributed by atoms with E-state index in [1.54, 1.807) is 6.92 Å². The molecule has 1 fully saturated rings. The minimum atomic E-state index is -1.83. The van der Waals surface area contributed by atoms with Crippen LogP contribution in [0.15, 0.2) is 0 Å². The lowest BCUT2D eigenvalue weighted by Gasteiger charge is -2.15. The predicted molar refractivity (Wildman–Crippen MR) is 55.6 cm³/mol. The Morgan fingerprint density at radius 1 is 1.18 bits per heavy atom. The fourth-order valence-corrected chi connectivity index (χ4v) is 1.14. The highest BCUT2D eigenvalue weighted by atomic mass is 16.6. The first-order valence-electron chi connectivity index (χ1n) is 5.18. The van der Waals surface area contributed by atoms with Gasteiger partial charge in [0.15, 0.2) is 0 Å². The summed E-state index contributed by atoms with van der Waals surface area (Å²) in [5, 5.41) is 13.9. The maximum Gasteiger partial charge on any atom is 0.503 e. The van der Waals surface area contributed by atoms with E-state index in [4.69, 9.17) is 24.5 Å². The van der Waals surface area contributed by atoms with Crippen molar-refractivity contribution in [2.75, 3.05) is 6.61 Å². The van der Waals surface area contributed by atoms with Crippen molar-refractivity contribution in [3.8, 4) is 0 Å². The SMILES string of the molecule is CC1COC(=O)CCCCC(=O)O1.O=C(O)O. The van der Waals surface area contributed by atoms with Crippen molar-refractivity contribution in [1.82, 2.24) is 0 Å². The number of rotatable bonds is 0. The molecule has 0 aromatic heterocycles. The van der Waals surface area contributed by atoms with Crippen molar-refractivity contribution in [3.63, 3.8) is 0 Å². The molecule has 17 heavy (non-hydrogen) atoms. The molecule has 98 valence electrons. The van der Waals surface area contributed by atoms with Crippen molar-refractivity contribution in [1.29, 1.82) is 0 Å². The summed E-state index contributed by atoms with van der Waals surface area (Å²) >= 11 is 0. The van der Waals surface area contributed by atoms with E-state index in [0.29, 0.717) is 25.7 Å². The molecule has 1 aliphatic rings. The van der Waals surface area contributed by atoms with E-state index in [9.17, 15) is 9.59 Å². The number of ether oxygens (including phenoxy) is 2. The molecule has 0 aromatic rings. The Morgan fingerprint density at radius 3 is 2.18 bits per heavy atom. The van der Waals surface area contributed by atoms with Gasteiger partial charge in [-0.1, -0.05) is 0 Å². The third kappa shape index (κ3) is 10.5. The second-order valence-corrected chi connectivity index (χ2v) is 3.47. The van der Waals surface area contributed by atoms with Gasteiger partial charge in [-0.05, 0) is 19.8 Å². The van der Waals surface area contributed by atoms with Crippen LogP contribution < -0.4 is 0 Å². The smallest absolute Gasteiger partial charge is 0.462 e. The van der Waals surface area contributed by atoms with Crippen LogP contribution in [0, 0.1) is 0 Å². The van der Waals surface area contributed by atoms with Crippen LogP contribution >= 0.6 is 0 Å². The summed E-state index contributed by atoms with van der Waals surface area (Å²) in [6, 6.07) is 0. The third-order valence-electron chi connectivity index (χ3n) is 1.82. The third-order valence-corrected chi connectivity index (χ3v) is 1.82. The van der Waals surface area contributed by atoms with Gasteiger partial charge in [0.2, 0.25) is 0 Å². The number of carbonyl (C=O) groups excluding carboxylic acids is 2. The van der Waals surface area contributed by atoms with Crippen LogP contribution in [-0.2, 0) is 19.1 Å². The Balaban J connectivity index is 0.000000557. The first kappa shape index (κ1) is 15.2. The molecule has 0 saturated carbocycles. The summed E-state index contributed by atoms with van der Waals surface area (Å²) in [5.74, 6) is -0.407. The topological polar surface area (TPSA) is 110 Å². The lowest BCUT2D eigenvalue weighted by atomic mass is 10.2. The lowest BCUT2D eigenvalue weighted by Crippen LogP contribution is -2.23. The molecule has 1 atom stereocenters. The van der Waals surface area contributed by atoms with Crippen LogP contribution in [0.25, 0.3) is 0 Å². The van der Waals surface area contributed by atoms with Crippen LogP contribution in [0.3, 0.4) is 0 Å². The molecule has 1 saturated heterocycles. The number of carboxylic acid groups (broad SMARTS) is 2. The Labute approximate surface area is 98.3 Å². The summed E-state index contributed by atoms with van der Waals surface area (Å²) in [4.78, 5) is 30.6. The lowest BCUT2D eigenvalue weighted by molar-refractivity contribution is -0.159. The summed E-state index contributed by atoms with van der Waals surface area (Å²) in [6.45, 7) is 1.89. The molecule has 1 aliphatic heterocycles. The number of hydrogen-bond donors (Lipinski definition) is 2. The molecule has 1 rings (SSSR count). The van der Waals surface area contributed by atoms with Crippen LogP contribution in [-0.4, -0.2) is 41.0 Å². The quantitative estimate of drug-likeness (QED) is 0.621. The van der Waals surface area contributed by atoms with Gasteiger partial charge in [0, 0.05) is 12.8 Å². The molecule has 0 radical (unpaired) electrons. The molecule has 1 heterocycles. The molecule has 0 spiro atoms. The molecular formula is C10H16O7. The molecule has 0 aromatic carbocycles. The van der Waals surface area contributed by atoms with Crippen molar-refractivity contribution >= 4 is 18.1 Å². The summed E-state index contributed by atoms with van der Waals surface area (Å²) < 4.78 is 9.82. The average Bonchev–Trinajstić information content (AvgIpc) is 2.20. The van der Waals surface area contributed by atoms with Gasteiger partial charge in [-0.15, -0.1) is 0 Å². The van der Waals surface area contributed by atoms with Gasteiger partial charge in [0.05, 0.1) is 0 Å². The van der Waals surface area contributed by atoms with E-state index in [1.165, 1.54) is 0 Å². The van der Waals surface area contributed by atoms with E-state index < -0.39 is 6.16 Å². The normalized spacial score (nSPS) is 21.4. The molecule has 0 bridgehead atoms. The monoisotopic (exact) mass is 248 g/mol. The van der Waals surface area contributed by atoms with Crippen LogP contribution in [0.4, 0.5) is 4.79 Å². The maximum absolute atomic E-state index is 11.0. The average molecular weight is 248 g/mol. The first-order chi connectivity index (χ1) is 7.91. The van der Waals surface area contributed by atoms with Gasteiger partial charge in [-0.25, -0.2) is 4.79 Å². The van der Waals surface area contributed by atoms with E-state index in [0.717, 1.165) is 0 Å². The molecule has 2 N–H and O–H groups in total. The second kappa shape index (κ2) is 8.37. The standard InChI is InChI=1S/C9H14O4.CH2O3/c1-7-6-12-8(10)4-2-3-5-9(11)13-7;2-1(3)4/h7H,2-6H2,1H3;(H2,2,3,4). The van der Waals surface area contributed by atoms with Crippen LogP contribution in [0.1, 0.15) is 32.6 Å². The molecule has 1 unspecified atom stereocenters. The summed E-state index contributed by atoms with van der Waals surface area (Å²) in [5.41, 5.74) is 0. The Morgan fingerprint density at radius 2 is 1.65 bits per heavy atom. The van der Waals surface area contributed by atoms with E-state index >= 15 is 0 Å². The number of cyclic esters (lactones) is 2. The first-order valence-corrected chi connectivity index (χ1v) is 5.18. The highest BCUT2D eigenvalue weighted by Gasteiger charge is 2.14. The fourth-order valence-electron chi connectivity index (χ4n) is 1.14. The van der Waals surface area contributed by atoms with Crippen LogP contribution in [0.2, 0.25) is 0 Å². The predicted octanol–water partition coefficient (Wildman–Crippen LogP) is 1.26. The summed E-state index contributed by atoms with van der Waals surface area (Å²) in [7, 11) is 0. The highest BCUT2D eigenvalue weighted by molar-refractivity contribution is 5.71. The zero-order chi connectivity index (χ0) is 13.3. The van der Waals surface area contributed by atoms with Gasteiger partial charge in [-0.2, -0.15) is 0 Å². The Hall–Kier alpha value is -1.79. The molecule has 7 heteroatoms. The molecular weight excluding hydrogens is 232 g/mol. The van der Waals surface area contributed by atoms with Crippen molar-refractivity contribution in [3.05, 3.63) is 0 Å². The Bertz CT molecular complexity index is 270. The van der Waals surface area contributed by atoms with Crippen LogP contribution in [0.5, 0.6) is 0 Å². The molecule has 7 nitrogen and oxygen atoms in total. The van der Waals surface area contributed by atoms with E-state index in [2.05, 4.69) is 0 Å².